The zero-order valence-electron chi connectivity index (χ0n) is 13.4. The summed E-state index contributed by atoms with van der Waals surface area (Å²) in [6.07, 6.45) is 0. The molecule has 2 aromatic heterocycles. The van der Waals surface area contributed by atoms with E-state index >= 15 is 0 Å². The number of nitrogens with one attached hydrogen (secondary N) is 1. The van der Waals surface area contributed by atoms with Crippen molar-refractivity contribution in [1.29, 1.82) is 0 Å². The maximum atomic E-state index is 12.5. The molecule has 3 aromatic rings. The first-order chi connectivity index (χ1) is 11.7. The molecule has 0 saturated heterocycles. The van der Waals surface area contributed by atoms with Gasteiger partial charge in [0.15, 0.2) is 0 Å². The standard InChI is InChI=1S/C17H17N3O3S/c1-11-17(20-23-19-11)22-9-8-18-16(21)14-10-24-12(2)15(14)13-6-4-3-5-7-13/h3-7,10H,8-9H2,1-2H3,(H,18,21). The van der Waals surface area contributed by atoms with Gasteiger partial charge in [-0.2, -0.15) is 0 Å². The van der Waals surface area contributed by atoms with Crippen LogP contribution in [0.15, 0.2) is 40.3 Å². The average molecular weight is 343 g/mol. The number of thiophene rings is 1. The Labute approximate surface area is 143 Å². The number of hydrogen-bond acceptors (Lipinski definition) is 6. The first kappa shape index (κ1) is 16.2. The molecular formula is C17H17N3O3S. The second kappa shape index (κ2) is 7.27. The van der Waals surface area contributed by atoms with Crippen LogP contribution in [0.1, 0.15) is 20.9 Å². The largest absolute Gasteiger partial charge is 0.472 e. The topological polar surface area (TPSA) is 77.2 Å². The molecule has 0 spiro atoms. The van der Waals surface area contributed by atoms with E-state index in [0.717, 1.165) is 16.0 Å². The van der Waals surface area contributed by atoms with Crippen LogP contribution in [0.2, 0.25) is 0 Å². The van der Waals surface area contributed by atoms with Gasteiger partial charge in [0.05, 0.1) is 12.1 Å². The van der Waals surface area contributed by atoms with Gasteiger partial charge in [-0.25, -0.2) is 4.63 Å². The number of carbonyl (C=O) groups excluding carboxylic acids is 1. The van der Waals surface area contributed by atoms with Crippen molar-refractivity contribution in [2.24, 2.45) is 0 Å². The summed E-state index contributed by atoms with van der Waals surface area (Å²) in [6, 6.07) is 9.92. The molecule has 1 amide bonds. The maximum absolute atomic E-state index is 12.5. The summed E-state index contributed by atoms with van der Waals surface area (Å²) >= 11 is 1.57. The van der Waals surface area contributed by atoms with Crippen molar-refractivity contribution in [3.63, 3.8) is 0 Å². The zero-order valence-corrected chi connectivity index (χ0v) is 14.2. The van der Waals surface area contributed by atoms with Crippen molar-refractivity contribution in [2.75, 3.05) is 13.2 Å². The SMILES string of the molecule is Cc1nonc1OCCNC(=O)c1csc(C)c1-c1ccccc1. The molecule has 0 fully saturated rings. The lowest BCUT2D eigenvalue weighted by molar-refractivity contribution is 0.0947. The lowest BCUT2D eigenvalue weighted by atomic mass is 10.0. The molecule has 3 rings (SSSR count). The Morgan fingerprint density at radius 2 is 2.04 bits per heavy atom. The summed E-state index contributed by atoms with van der Waals surface area (Å²) in [4.78, 5) is 13.6. The summed E-state index contributed by atoms with van der Waals surface area (Å²) in [5, 5.41) is 12.0. The lowest BCUT2D eigenvalue weighted by Crippen LogP contribution is -2.28. The van der Waals surface area contributed by atoms with E-state index in [4.69, 9.17) is 4.74 Å². The third-order valence-corrected chi connectivity index (χ3v) is 4.43. The first-order valence-corrected chi connectivity index (χ1v) is 8.38. The number of hydrogen-bond donors (Lipinski definition) is 1. The molecule has 6 nitrogen and oxygen atoms in total. The molecule has 24 heavy (non-hydrogen) atoms. The van der Waals surface area contributed by atoms with E-state index in [2.05, 4.69) is 20.3 Å². The van der Waals surface area contributed by atoms with E-state index in [1.54, 1.807) is 18.3 Å². The van der Waals surface area contributed by atoms with Crippen molar-refractivity contribution < 1.29 is 14.2 Å². The van der Waals surface area contributed by atoms with Gasteiger partial charge in [-0.15, -0.1) is 11.3 Å². The van der Waals surface area contributed by atoms with Crippen LogP contribution in [-0.2, 0) is 0 Å². The number of nitrogens with zero attached hydrogens (tertiary/aromatic N) is 2. The van der Waals surface area contributed by atoms with Gasteiger partial charge in [0.2, 0.25) is 0 Å². The number of aromatic nitrogens is 2. The van der Waals surface area contributed by atoms with E-state index in [1.807, 2.05) is 42.6 Å². The van der Waals surface area contributed by atoms with Crippen LogP contribution in [0.3, 0.4) is 0 Å². The summed E-state index contributed by atoms with van der Waals surface area (Å²) < 4.78 is 9.95. The predicted octanol–water partition coefficient (Wildman–Crippen LogP) is 3.22. The smallest absolute Gasteiger partial charge is 0.278 e. The highest BCUT2D eigenvalue weighted by Crippen LogP contribution is 2.32. The molecule has 0 aliphatic rings. The number of aryl methyl sites for hydroxylation is 2. The highest BCUT2D eigenvalue weighted by atomic mass is 32.1. The van der Waals surface area contributed by atoms with Crippen LogP contribution < -0.4 is 10.1 Å². The van der Waals surface area contributed by atoms with Crippen molar-refractivity contribution in [3.05, 3.63) is 51.8 Å². The van der Waals surface area contributed by atoms with Gasteiger partial charge in [-0.3, -0.25) is 4.79 Å². The fraction of sp³-hybridized carbons (Fsp3) is 0.235. The van der Waals surface area contributed by atoms with E-state index in [0.29, 0.717) is 30.3 Å². The minimum Gasteiger partial charge on any atom is -0.472 e. The molecule has 0 unspecified atom stereocenters. The Kier molecular flexibility index (Phi) is 4.90. The molecule has 2 heterocycles. The fourth-order valence-corrected chi connectivity index (χ4v) is 3.21. The number of ether oxygens (including phenoxy) is 1. The highest BCUT2D eigenvalue weighted by molar-refractivity contribution is 7.10. The van der Waals surface area contributed by atoms with Crippen molar-refractivity contribution in [2.45, 2.75) is 13.8 Å². The van der Waals surface area contributed by atoms with Gasteiger partial charge >= 0.3 is 0 Å². The normalized spacial score (nSPS) is 10.6. The Hall–Kier alpha value is -2.67. The highest BCUT2D eigenvalue weighted by Gasteiger charge is 2.17. The molecule has 1 aromatic carbocycles. The molecule has 0 aliphatic heterocycles. The molecule has 0 radical (unpaired) electrons. The van der Waals surface area contributed by atoms with Crippen LogP contribution in [0.4, 0.5) is 0 Å². The molecule has 1 N–H and O–H groups in total. The Balaban J connectivity index is 1.63. The van der Waals surface area contributed by atoms with E-state index in [1.165, 1.54) is 0 Å². The predicted molar refractivity (Wildman–Crippen MR) is 91.4 cm³/mol. The van der Waals surface area contributed by atoms with Gasteiger partial charge < -0.3 is 10.1 Å². The number of benzene rings is 1. The van der Waals surface area contributed by atoms with E-state index in [-0.39, 0.29) is 5.91 Å². The minimum absolute atomic E-state index is 0.114. The number of rotatable bonds is 6. The fourth-order valence-electron chi connectivity index (χ4n) is 2.35. The van der Waals surface area contributed by atoms with Gasteiger partial charge in [0, 0.05) is 15.8 Å². The summed E-state index contributed by atoms with van der Waals surface area (Å²) in [6.45, 7) is 4.43. The maximum Gasteiger partial charge on any atom is 0.278 e. The third kappa shape index (κ3) is 3.46. The quantitative estimate of drug-likeness (QED) is 0.695. The van der Waals surface area contributed by atoms with Crippen molar-refractivity contribution >= 4 is 17.2 Å². The molecular weight excluding hydrogens is 326 g/mol. The summed E-state index contributed by atoms with van der Waals surface area (Å²) in [5.41, 5.74) is 3.29. The zero-order chi connectivity index (χ0) is 16.9. The first-order valence-electron chi connectivity index (χ1n) is 7.50. The van der Waals surface area contributed by atoms with Crippen LogP contribution in [0, 0.1) is 13.8 Å². The second-order valence-corrected chi connectivity index (χ2v) is 6.29. The van der Waals surface area contributed by atoms with Gasteiger partial charge in [0.25, 0.3) is 11.8 Å². The van der Waals surface area contributed by atoms with Gasteiger partial charge in [0.1, 0.15) is 12.3 Å². The summed E-state index contributed by atoms with van der Waals surface area (Å²) in [5.74, 6) is 0.234. The Bertz CT molecular complexity index is 827. The molecule has 7 heteroatoms. The molecule has 0 saturated carbocycles. The lowest BCUT2D eigenvalue weighted by Gasteiger charge is -2.08. The van der Waals surface area contributed by atoms with Gasteiger partial charge in [-0.1, -0.05) is 35.5 Å². The van der Waals surface area contributed by atoms with Gasteiger partial charge in [-0.05, 0) is 24.6 Å². The molecule has 124 valence electrons. The van der Waals surface area contributed by atoms with Crippen molar-refractivity contribution in [3.8, 4) is 17.0 Å². The Morgan fingerprint density at radius 3 is 2.75 bits per heavy atom. The van der Waals surface area contributed by atoms with E-state index in [9.17, 15) is 4.79 Å². The average Bonchev–Trinajstić information content (AvgIpc) is 3.18. The Morgan fingerprint density at radius 1 is 1.25 bits per heavy atom. The third-order valence-electron chi connectivity index (χ3n) is 3.52. The molecule has 0 bridgehead atoms. The van der Waals surface area contributed by atoms with Crippen LogP contribution in [-0.4, -0.2) is 29.4 Å². The van der Waals surface area contributed by atoms with Crippen LogP contribution >= 0.6 is 11.3 Å². The second-order valence-electron chi connectivity index (χ2n) is 5.21. The van der Waals surface area contributed by atoms with E-state index < -0.39 is 0 Å². The number of amides is 1. The molecule has 0 aliphatic carbocycles. The number of carbonyl (C=O) groups is 1. The van der Waals surface area contributed by atoms with Crippen LogP contribution in [0.5, 0.6) is 5.88 Å². The molecule has 0 atom stereocenters. The minimum atomic E-state index is -0.114. The summed E-state index contributed by atoms with van der Waals surface area (Å²) in [7, 11) is 0. The van der Waals surface area contributed by atoms with Crippen molar-refractivity contribution in [1.82, 2.24) is 15.6 Å². The monoisotopic (exact) mass is 343 g/mol. The van der Waals surface area contributed by atoms with Crippen LogP contribution in [0.25, 0.3) is 11.1 Å².